The highest BCUT2D eigenvalue weighted by atomic mass is 32.2. The summed E-state index contributed by atoms with van der Waals surface area (Å²) in [6.45, 7) is 1.31. The van der Waals surface area contributed by atoms with Crippen LogP contribution in [0.25, 0.3) is 0 Å². The second-order valence-electron chi connectivity index (χ2n) is 2.72. The zero-order valence-corrected chi connectivity index (χ0v) is 8.99. The Morgan fingerprint density at radius 3 is 1.80 bits per heavy atom. The van der Waals surface area contributed by atoms with Gasteiger partial charge in [0.25, 0.3) is 0 Å². The zero-order chi connectivity index (χ0) is 12.1. The highest BCUT2D eigenvalue weighted by Gasteiger charge is 2.04. The molecule has 0 unspecified atom stereocenters. The highest BCUT2D eigenvalue weighted by Crippen LogP contribution is 2.08. The molecule has 0 fully saturated rings. The van der Waals surface area contributed by atoms with E-state index in [0.29, 0.717) is 5.69 Å². The third-order valence-electron chi connectivity index (χ3n) is 1.21. The van der Waals surface area contributed by atoms with E-state index in [0.717, 1.165) is 0 Å². The number of primary amides is 1. The Morgan fingerprint density at radius 2 is 1.53 bits per heavy atom. The first-order valence-corrected chi connectivity index (χ1v) is 5.42. The first-order valence-electron chi connectivity index (χ1n) is 3.88. The van der Waals surface area contributed by atoms with Gasteiger partial charge in [-0.2, -0.15) is 0 Å². The average molecular weight is 231 g/mol. The van der Waals surface area contributed by atoms with E-state index in [4.69, 9.17) is 10.9 Å². The summed E-state index contributed by atoms with van der Waals surface area (Å²) in [5.41, 5.74) is 10.3. The molecule has 1 amide bonds. The van der Waals surface area contributed by atoms with Crippen molar-refractivity contribution in [3.8, 4) is 0 Å². The van der Waals surface area contributed by atoms with Crippen LogP contribution in [0.4, 0.5) is 5.69 Å². The SMILES string of the molecule is CC(N)=O.Nc1ccc(S(N)(=O)=O)cc1. The van der Waals surface area contributed by atoms with Gasteiger partial charge in [0.05, 0.1) is 4.90 Å². The summed E-state index contributed by atoms with van der Waals surface area (Å²) in [6, 6.07) is 5.70. The number of benzene rings is 1. The molecule has 84 valence electrons. The summed E-state index contributed by atoms with van der Waals surface area (Å²) in [6.07, 6.45) is 0. The topological polar surface area (TPSA) is 129 Å². The fourth-order valence-corrected chi connectivity index (χ4v) is 1.17. The van der Waals surface area contributed by atoms with Gasteiger partial charge in [-0.15, -0.1) is 0 Å². The van der Waals surface area contributed by atoms with E-state index in [-0.39, 0.29) is 10.8 Å². The van der Waals surface area contributed by atoms with E-state index in [2.05, 4.69) is 5.73 Å². The molecule has 0 saturated heterocycles. The number of primary sulfonamides is 1. The Kier molecular flexibility index (Phi) is 4.75. The van der Waals surface area contributed by atoms with Crippen molar-refractivity contribution in [1.29, 1.82) is 0 Å². The number of carbonyl (C=O) groups is 1. The van der Waals surface area contributed by atoms with Crippen molar-refractivity contribution < 1.29 is 13.2 Å². The number of sulfonamides is 1. The number of nitrogen functional groups attached to an aromatic ring is 1. The van der Waals surface area contributed by atoms with Gasteiger partial charge < -0.3 is 11.5 Å². The molecular formula is C8H13N3O3S. The second-order valence-corrected chi connectivity index (χ2v) is 4.29. The van der Waals surface area contributed by atoms with Crippen molar-refractivity contribution >= 4 is 21.6 Å². The Balaban J connectivity index is 0.000000423. The first-order chi connectivity index (χ1) is 6.73. The van der Waals surface area contributed by atoms with Gasteiger partial charge in [-0.1, -0.05) is 0 Å². The van der Waals surface area contributed by atoms with E-state index >= 15 is 0 Å². The maximum atomic E-state index is 10.7. The molecule has 0 saturated carbocycles. The van der Waals surface area contributed by atoms with E-state index in [1.54, 1.807) is 0 Å². The molecule has 0 aromatic heterocycles. The average Bonchev–Trinajstić information content (AvgIpc) is 2.01. The Bertz CT molecular complexity index is 421. The lowest BCUT2D eigenvalue weighted by Crippen LogP contribution is -2.11. The van der Waals surface area contributed by atoms with E-state index in [9.17, 15) is 13.2 Å². The smallest absolute Gasteiger partial charge is 0.238 e. The number of hydrogen-bond acceptors (Lipinski definition) is 4. The molecule has 7 heteroatoms. The molecule has 0 spiro atoms. The van der Waals surface area contributed by atoms with Crippen molar-refractivity contribution in [2.45, 2.75) is 11.8 Å². The quantitative estimate of drug-likeness (QED) is 0.557. The van der Waals surface area contributed by atoms with Crippen LogP contribution in [0, 0.1) is 0 Å². The van der Waals surface area contributed by atoms with Crippen LogP contribution in [-0.4, -0.2) is 14.3 Å². The van der Waals surface area contributed by atoms with Crippen molar-refractivity contribution in [1.82, 2.24) is 0 Å². The summed E-state index contributed by atoms with van der Waals surface area (Å²) in [7, 11) is -3.58. The van der Waals surface area contributed by atoms with Crippen molar-refractivity contribution in [3.05, 3.63) is 24.3 Å². The summed E-state index contributed by atoms with van der Waals surface area (Å²) >= 11 is 0. The summed E-state index contributed by atoms with van der Waals surface area (Å²) < 4.78 is 21.4. The van der Waals surface area contributed by atoms with E-state index in [1.165, 1.54) is 31.2 Å². The largest absolute Gasteiger partial charge is 0.399 e. The molecule has 6 nitrogen and oxygen atoms in total. The summed E-state index contributed by atoms with van der Waals surface area (Å²) in [5.74, 6) is -0.333. The molecule has 1 rings (SSSR count). The lowest BCUT2D eigenvalue weighted by molar-refractivity contribution is -0.115. The Hall–Kier alpha value is -1.60. The van der Waals surface area contributed by atoms with Gasteiger partial charge >= 0.3 is 0 Å². The second kappa shape index (κ2) is 5.32. The van der Waals surface area contributed by atoms with Gasteiger partial charge in [0, 0.05) is 12.6 Å². The van der Waals surface area contributed by atoms with Crippen LogP contribution in [-0.2, 0) is 14.8 Å². The van der Waals surface area contributed by atoms with Crippen LogP contribution < -0.4 is 16.6 Å². The maximum Gasteiger partial charge on any atom is 0.238 e. The molecule has 1 aromatic carbocycles. The molecule has 1 aromatic rings. The molecule has 6 N–H and O–H groups in total. The van der Waals surface area contributed by atoms with Crippen LogP contribution >= 0.6 is 0 Å². The monoisotopic (exact) mass is 231 g/mol. The van der Waals surface area contributed by atoms with Gasteiger partial charge in [-0.3, -0.25) is 4.79 Å². The number of amides is 1. The minimum atomic E-state index is -3.58. The van der Waals surface area contributed by atoms with Crippen LogP contribution in [0.2, 0.25) is 0 Å². The highest BCUT2D eigenvalue weighted by molar-refractivity contribution is 7.89. The standard InChI is InChI=1S/C6H8N2O2S.C2H5NO/c7-5-1-3-6(4-2-5)11(8,9)10;1-2(3)4/h1-4H,7H2,(H2,8,9,10);1H3,(H2,3,4). The van der Waals surface area contributed by atoms with Crippen molar-refractivity contribution in [2.75, 3.05) is 5.73 Å². The predicted molar refractivity (Wildman–Crippen MR) is 57.1 cm³/mol. The molecule has 0 aliphatic heterocycles. The number of nitrogens with two attached hydrogens (primary N) is 3. The van der Waals surface area contributed by atoms with E-state index < -0.39 is 10.0 Å². The minimum absolute atomic E-state index is 0.0756. The van der Waals surface area contributed by atoms with Crippen LogP contribution in [0.5, 0.6) is 0 Å². The lowest BCUT2D eigenvalue weighted by atomic mass is 10.3. The van der Waals surface area contributed by atoms with Gasteiger partial charge in [-0.25, -0.2) is 13.6 Å². The molecular weight excluding hydrogens is 218 g/mol. The van der Waals surface area contributed by atoms with Crippen LogP contribution in [0.1, 0.15) is 6.92 Å². The molecule has 0 bridgehead atoms. The third kappa shape index (κ3) is 6.47. The summed E-state index contributed by atoms with van der Waals surface area (Å²) in [5, 5.41) is 4.84. The predicted octanol–water partition coefficient (Wildman–Crippen LogP) is -0.592. The zero-order valence-electron chi connectivity index (χ0n) is 8.17. The number of carbonyl (C=O) groups excluding carboxylic acids is 1. The van der Waals surface area contributed by atoms with E-state index in [1.807, 2.05) is 0 Å². The van der Waals surface area contributed by atoms with Crippen molar-refractivity contribution in [3.63, 3.8) is 0 Å². The molecule has 0 heterocycles. The van der Waals surface area contributed by atoms with Gasteiger partial charge in [-0.05, 0) is 24.3 Å². The third-order valence-corrected chi connectivity index (χ3v) is 2.14. The summed E-state index contributed by atoms with van der Waals surface area (Å²) in [4.78, 5) is 9.30. The Morgan fingerprint density at radius 1 is 1.20 bits per heavy atom. The fourth-order valence-electron chi connectivity index (χ4n) is 0.658. The van der Waals surface area contributed by atoms with Gasteiger partial charge in [0.1, 0.15) is 0 Å². The van der Waals surface area contributed by atoms with Gasteiger partial charge in [0.2, 0.25) is 15.9 Å². The molecule has 15 heavy (non-hydrogen) atoms. The normalized spacial score (nSPS) is 10.0. The first kappa shape index (κ1) is 13.4. The minimum Gasteiger partial charge on any atom is -0.399 e. The fraction of sp³-hybridized carbons (Fsp3) is 0.125. The number of hydrogen-bond donors (Lipinski definition) is 3. The lowest BCUT2D eigenvalue weighted by Gasteiger charge is -1.96. The van der Waals surface area contributed by atoms with Crippen LogP contribution in [0.15, 0.2) is 29.2 Å². The maximum absolute atomic E-state index is 10.7. The number of rotatable bonds is 1. The molecule has 0 aliphatic carbocycles. The molecule has 0 aliphatic rings. The molecule has 0 radical (unpaired) electrons. The number of anilines is 1. The van der Waals surface area contributed by atoms with Crippen LogP contribution in [0.3, 0.4) is 0 Å². The molecule has 0 atom stereocenters. The Labute approximate surface area is 88.1 Å². The van der Waals surface area contributed by atoms with Crippen molar-refractivity contribution in [2.24, 2.45) is 10.9 Å². The van der Waals surface area contributed by atoms with Gasteiger partial charge in [0.15, 0.2) is 0 Å².